The minimum absolute atomic E-state index is 0.152. The molecule has 0 aromatic heterocycles. The van der Waals surface area contributed by atoms with Crippen molar-refractivity contribution < 1.29 is 14.6 Å². The fourth-order valence-electron chi connectivity index (χ4n) is 2.81. The number of phenols is 1. The highest BCUT2D eigenvalue weighted by atomic mass is 16.5. The molecule has 0 fully saturated rings. The Hall–Kier alpha value is -1.51. The lowest BCUT2D eigenvalue weighted by atomic mass is 9.76. The summed E-state index contributed by atoms with van der Waals surface area (Å²) in [6.45, 7) is 2.09. The number of esters is 1. The molecule has 3 nitrogen and oxygen atoms in total. The monoisotopic (exact) mass is 234 g/mol. The smallest absolute Gasteiger partial charge is 0.306 e. The molecule has 1 aromatic carbocycles. The molecule has 0 radical (unpaired) electrons. The number of methoxy groups -OCH3 is 1. The van der Waals surface area contributed by atoms with E-state index < -0.39 is 0 Å². The molecule has 1 aliphatic rings. The van der Waals surface area contributed by atoms with Gasteiger partial charge in [0.2, 0.25) is 0 Å². The zero-order valence-corrected chi connectivity index (χ0v) is 10.3. The van der Waals surface area contributed by atoms with E-state index in [9.17, 15) is 9.90 Å². The highest BCUT2D eigenvalue weighted by molar-refractivity contribution is 5.72. The second kappa shape index (κ2) is 4.40. The fourth-order valence-corrected chi connectivity index (χ4v) is 2.81. The third-order valence-corrected chi connectivity index (χ3v) is 3.92. The van der Waals surface area contributed by atoms with Gasteiger partial charge in [-0.25, -0.2) is 0 Å². The van der Waals surface area contributed by atoms with E-state index in [1.54, 1.807) is 12.1 Å². The summed E-state index contributed by atoms with van der Waals surface area (Å²) in [6, 6.07) is 5.47. The Labute approximate surface area is 101 Å². The number of carbonyl (C=O) groups excluding carboxylic acids is 1. The van der Waals surface area contributed by atoms with E-state index in [-0.39, 0.29) is 17.1 Å². The van der Waals surface area contributed by atoms with Crippen molar-refractivity contribution in [2.45, 2.75) is 38.0 Å². The summed E-state index contributed by atoms with van der Waals surface area (Å²) in [4.78, 5) is 11.5. The van der Waals surface area contributed by atoms with Crippen molar-refractivity contribution in [3.05, 3.63) is 29.3 Å². The van der Waals surface area contributed by atoms with Gasteiger partial charge in [0.25, 0.3) is 0 Å². The van der Waals surface area contributed by atoms with Crippen molar-refractivity contribution >= 4 is 5.97 Å². The maximum Gasteiger partial charge on any atom is 0.306 e. The summed E-state index contributed by atoms with van der Waals surface area (Å²) < 4.78 is 4.78. The van der Waals surface area contributed by atoms with Crippen molar-refractivity contribution in [1.82, 2.24) is 0 Å². The number of ether oxygens (including phenoxy) is 1. The third-order valence-electron chi connectivity index (χ3n) is 3.92. The molecular weight excluding hydrogens is 216 g/mol. The summed E-state index contributed by atoms with van der Waals surface area (Å²) in [5.41, 5.74) is 2.21. The molecule has 0 aliphatic heterocycles. The Balaban J connectivity index is 2.39. The number of aromatic hydroxyl groups is 1. The molecule has 2 rings (SSSR count). The standard InChI is InChI=1S/C14H18O3/c1-3-14(9-13(16)17-2)7-6-10-4-5-11(15)8-12(10)14/h4-5,8,15H,3,6-7,9H2,1-2H3/t14-/m1/s1. The molecule has 3 heteroatoms. The van der Waals surface area contributed by atoms with Gasteiger partial charge in [-0.3, -0.25) is 4.79 Å². The average Bonchev–Trinajstić information content (AvgIpc) is 2.68. The van der Waals surface area contributed by atoms with Gasteiger partial charge in [-0.2, -0.15) is 0 Å². The van der Waals surface area contributed by atoms with Gasteiger partial charge in [-0.15, -0.1) is 0 Å². The van der Waals surface area contributed by atoms with Crippen LogP contribution in [0.3, 0.4) is 0 Å². The van der Waals surface area contributed by atoms with E-state index in [0.717, 1.165) is 24.8 Å². The van der Waals surface area contributed by atoms with Crippen molar-refractivity contribution in [1.29, 1.82) is 0 Å². The first kappa shape index (κ1) is 12.0. The second-order valence-corrected chi connectivity index (χ2v) is 4.73. The van der Waals surface area contributed by atoms with Gasteiger partial charge >= 0.3 is 5.97 Å². The Morgan fingerprint density at radius 1 is 1.53 bits per heavy atom. The molecule has 92 valence electrons. The molecular formula is C14H18O3. The van der Waals surface area contributed by atoms with E-state index in [1.807, 2.05) is 6.07 Å². The van der Waals surface area contributed by atoms with Crippen LogP contribution in [0.5, 0.6) is 5.75 Å². The molecule has 0 unspecified atom stereocenters. The lowest BCUT2D eigenvalue weighted by Gasteiger charge is -2.27. The first-order chi connectivity index (χ1) is 8.11. The topological polar surface area (TPSA) is 46.5 Å². The van der Waals surface area contributed by atoms with Gasteiger partial charge < -0.3 is 9.84 Å². The van der Waals surface area contributed by atoms with Gasteiger partial charge in [-0.05, 0) is 42.5 Å². The summed E-state index contributed by atoms with van der Waals surface area (Å²) in [7, 11) is 1.42. The quantitative estimate of drug-likeness (QED) is 0.817. The average molecular weight is 234 g/mol. The molecule has 0 saturated heterocycles. The molecule has 17 heavy (non-hydrogen) atoms. The first-order valence-electron chi connectivity index (χ1n) is 6.00. The van der Waals surface area contributed by atoms with E-state index >= 15 is 0 Å². The minimum atomic E-state index is -0.178. The number of rotatable bonds is 3. The highest BCUT2D eigenvalue weighted by Crippen LogP contribution is 2.45. The van der Waals surface area contributed by atoms with Crippen LogP contribution in [0, 0.1) is 0 Å². The number of carbonyl (C=O) groups is 1. The number of aryl methyl sites for hydroxylation is 1. The molecule has 0 spiro atoms. The zero-order chi connectivity index (χ0) is 12.5. The summed E-state index contributed by atoms with van der Waals surface area (Å²) >= 11 is 0. The first-order valence-corrected chi connectivity index (χ1v) is 6.00. The molecule has 0 bridgehead atoms. The Morgan fingerprint density at radius 3 is 2.94 bits per heavy atom. The Kier molecular flexibility index (Phi) is 3.09. The zero-order valence-electron chi connectivity index (χ0n) is 10.3. The number of fused-ring (bicyclic) bond motifs is 1. The molecule has 1 atom stereocenters. The minimum Gasteiger partial charge on any atom is -0.508 e. The number of hydrogen-bond donors (Lipinski definition) is 1. The van der Waals surface area contributed by atoms with Gasteiger partial charge in [0.15, 0.2) is 0 Å². The number of benzene rings is 1. The second-order valence-electron chi connectivity index (χ2n) is 4.73. The van der Waals surface area contributed by atoms with Crippen LogP contribution in [0.4, 0.5) is 0 Å². The SMILES string of the molecule is CC[C@]1(CC(=O)OC)CCc2ccc(O)cc21. The van der Waals surface area contributed by atoms with Crippen LogP contribution in [-0.4, -0.2) is 18.2 Å². The molecule has 1 N–H and O–H groups in total. The normalized spacial score (nSPS) is 22.2. The molecule has 0 heterocycles. The summed E-state index contributed by atoms with van der Waals surface area (Å²) in [6.07, 6.45) is 3.22. The summed E-state index contributed by atoms with van der Waals surface area (Å²) in [5.74, 6) is 0.0939. The van der Waals surface area contributed by atoms with E-state index in [1.165, 1.54) is 12.7 Å². The van der Waals surface area contributed by atoms with Crippen LogP contribution in [0.2, 0.25) is 0 Å². The van der Waals surface area contributed by atoms with E-state index in [4.69, 9.17) is 4.74 Å². The van der Waals surface area contributed by atoms with Gasteiger partial charge in [0.05, 0.1) is 13.5 Å². The van der Waals surface area contributed by atoms with Crippen molar-refractivity contribution in [2.24, 2.45) is 0 Å². The number of phenolic OH excluding ortho intramolecular Hbond substituents is 1. The lowest BCUT2D eigenvalue weighted by Crippen LogP contribution is -2.26. The maximum absolute atomic E-state index is 11.5. The van der Waals surface area contributed by atoms with E-state index in [0.29, 0.717) is 6.42 Å². The Morgan fingerprint density at radius 2 is 2.29 bits per heavy atom. The highest BCUT2D eigenvalue weighted by Gasteiger charge is 2.39. The van der Waals surface area contributed by atoms with Gasteiger partial charge in [0.1, 0.15) is 5.75 Å². The van der Waals surface area contributed by atoms with Crippen molar-refractivity contribution in [2.75, 3.05) is 7.11 Å². The largest absolute Gasteiger partial charge is 0.508 e. The van der Waals surface area contributed by atoms with Crippen LogP contribution >= 0.6 is 0 Å². The molecule has 0 amide bonds. The van der Waals surface area contributed by atoms with Crippen LogP contribution in [-0.2, 0) is 21.4 Å². The van der Waals surface area contributed by atoms with Gasteiger partial charge in [-0.1, -0.05) is 13.0 Å². The van der Waals surface area contributed by atoms with Gasteiger partial charge in [0, 0.05) is 5.41 Å². The lowest BCUT2D eigenvalue weighted by molar-refractivity contribution is -0.142. The summed E-state index contributed by atoms with van der Waals surface area (Å²) in [5, 5.41) is 9.60. The number of hydrogen-bond acceptors (Lipinski definition) is 3. The van der Waals surface area contributed by atoms with Crippen LogP contribution < -0.4 is 0 Å². The van der Waals surface area contributed by atoms with Crippen LogP contribution in [0.25, 0.3) is 0 Å². The molecule has 0 saturated carbocycles. The van der Waals surface area contributed by atoms with E-state index in [2.05, 4.69) is 6.92 Å². The van der Waals surface area contributed by atoms with Crippen molar-refractivity contribution in [3.63, 3.8) is 0 Å². The third kappa shape index (κ3) is 2.02. The predicted octanol–water partition coefficient (Wildman–Crippen LogP) is 2.55. The molecule has 1 aliphatic carbocycles. The maximum atomic E-state index is 11.5. The predicted molar refractivity (Wildman–Crippen MR) is 65.0 cm³/mol. The Bertz CT molecular complexity index is 439. The molecule has 1 aromatic rings. The van der Waals surface area contributed by atoms with Crippen LogP contribution in [0.15, 0.2) is 18.2 Å². The van der Waals surface area contributed by atoms with Crippen molar-refractivity contribution in [3.8, 4) is 5.75 Å². The fraction of sp³-hybridized carbons (Fsp3) is 0.500. The van der Waals surface area contributed by atoms with Crippen LogP contribution in [0.1, 0.15) is 37.3 Å².